The molecule has 1 N–H and O–H groups in total. The third-order valence-corrected chi connectivity index (χ3v) is 5.66. The monoisotopic (exact) mass is 473 g/mol. The fourth-order valence-electron chi connectivity index (χ4n) is 3.72. The highest BCUT2D eigenvalue weighted by Gasteiger charge is 2.38. The number of nitrogens with zero attached hydrogens (tertiary/aromatic N) is 4. The minimum atomic E-state index is -4.89. The van der Waals surface area contributed by atoms with Crippen molar-refractivity contribution in [3.63, 3.8) is 0 Å². The maximum Gasteiger partial charge on any atom is 0.471 e. The Morgan fingerprint density at radius 1 is 1.06 bits per heavy atom. The second-order valence-corrected chi connectivity index (χ2v) is 8.42. The van der Waals surface area contributed by atoms with Crippen LogP contribution in [-0.4, -0.2) is 97.7 Å². The number of nitrogens with one attached hydrogen (secondary N) is 1. The second kappa shape index (κ2) is 12.9. The van der Waals surface area contributed by atoms with Gasteiger partial charge in [0, 0.05) is 45.8 Å². The van der Waals surface area contributed by atoms with Gasteiger partial charge in [-0.3, -0.25) is 24.4 Å². The molecule has 1 unspecified atom stereocenters. The maximum absolute atomic E-state index is 12.6. The number of hydrogen-bond acceptors (Lipinski definition) is 7. The molecule has 1 amide bonds. The molecule has 1 atom stereocenters. The van der Waals surface area contributed by atoms with Crippen LogP contribution in [0.15, 0.2) is 18.2 Å². The normalized spacial score (nSPS) is 18.1. The van der Waals surface area contributed by atoms with Crippen LogP contribution in [0.4, 0.5) is 13.2 Å². The van der Waals surface area contributed by atoms with E-state index >= 15 is 0 Å². The van der Waals surface area contributed by atoms with Crippen molar-refractivity contribution >= 4 is 11.9 Å². The minimum Gasteiger partial charge on any atom is -0.468 e. The van der Waals surface area contributed by atoms with Gasteiger partial charge >= 0.3 is 18.1 Å². The molecule has 1 aromatic heterocycles. The Hall–Kier alpha value is -2.24. The number of fused-ring (bicyclic) bond motifs is 2. The molecule has 2 rings (SSSR count). The number of halogens is 3. The molecular formula is C22H34F3N5O3. The molecule has 0 radical (unpaired) electrons. The molecule has 8 nitrogen and oxygen atoms in total. The van der Waals surface area contributed by atoms with Crippen LogP contribution in [0, 0.1) is 0 Å². The number of rotatable bonds is 7. The lowest BCUT2D eigenvalue weighted by molar-refractivity contribution is -0.173. The number of methoxy groups -OCH3 is 1. The minimum absolute atomic E-state index is 0.105. The quantitative estimate of drug-likeness (QED) is 0.477. The molecule has 0 fully saturated rings. The van der Waals surface area contributed by atoms with Gasteiger partial charge < -0.3 is 15.0 Å². The van der Waals surface area contributed by atoms with Crippen LogP contribution in [0.3, 0.4) is 0 Å². The van der Waals surface area contributed by atoms with Crippen LogP contribution in [0.2, 0.25) is 0 Å². The van der Waals surface area contributed by atoms with E-state index < -0.39 is 18.1 Å². The molecule has 1 aromatic rings. The number of likely N-dealkylation sites (N-methyl/N-ethyl adjacent to an activating group) is 2. The average molecular weight is 474 g/mol. The lowest BCUT2D eigenvalue weighted by atomic mass is 10.1. The third kappa shape index (κ3) is 9.26. The van der Waals surface area contributed by atoms with E-state index in [1.165, 1.54) is 7.11 Å². The number of esters is 1. The van der Waals surface area contributed by atoms with Crippen LogP contribution in [0.1, 0.15) is 30.7 Å². The largest absolute Gasteiger partial charge is 0.471 e. The zero-order valence-corrected chi connectivity index (χ0v) is 19.5. The first kappa shape index (κ1) is 27.0. The van der Waals surface area contributed by atoms with E-state index in [-0.39, 0.29) is 12.5 Å². The van der Waals surface area contributed by atoms with Crippen molar-refractivity contribution in [1.82, 2.24) is 25.0 Å². The summed E-state index contributed by atoms with van der Waals surface area (Å²) >= 11 is 0. The van der Waals surface area contributed by atoms with Crippen molar-refractivity contribution in [3.05, 3.63) is 29.6 Å². The van der Waals surface area contributed by atoms with Crippen LogP contribution < -0.4 is 5.32 Å². The van der Waals surface area contributed by atoms with E-state index in [4.69, 9.17) is 9.72 Å². The van der Waals surface area contributed by atoms with Gasteiger partial charge in [0.1, 0.15) is 6.04 Å². The van der Waals surface area contributed by atoms with Crippen molar-refractivity contribution < 1.29 is 27.5 Å². The summed E-state index contributed by atoms with van der Waals surface area (Å²) in [6.07, 6.45) is -3.71. The van der Waals surface area contributed by atoms with Gasteiger partial charge in [-0.15, -0.1) is 0 Å². The predicted molar refractivity (Wildman–Crippen MR) is 117 cm³/mol. The summed E-state index contributed by atoms with van der Waals surface area (Å²) in [5.41, 5.74) is 1.80. The Morgan fingerprint density at radius 2 is 1.70 bits per heavy atom. The number of hydrogen-bond donors (Lipinski definition) is 1. The average Bonchev–Trinajstić information content (AvgIpc) is 2.76. The van der Waals surface area contributed by atoms with Gasteiger partial charge in [-0.05, 0) is 45.5 Å². The van der Waals surface area contributed by atoms with E-state index in [1.807, 2.05) is 35.5 Å². The number of aromatic nitrogens is 1. The predicted octanol–water partition coefficient (Wildman–Crippen LogP) is 1.65. The lowest BCUT2D eigenvalue weighted by Crippen LogP contribution is -2.46. The Labute approximate surface area is 193 Å². The SMILES string of the molecule is COC(=O)C(CCCCNC(=O)C(F)(F)F)N1CCN(C)CCN(C)Cc2cccc(n2)C1. The van der Waals surface area contributed by atoms with Gasteiger partial charge in [0.05, 0.1) is 18.5 Å². The molecule has 33 heavy (non-hydrogen) atoms. The molecule has 1 aliphatic heterocycles. The van der Waals surface area contributed by atoms with Gasteiger partial charge in [-0.1, -0.05) is 6.07 Å². The molecule has 1 aliphatic rings. The Kier molecular flexibility index (Phi) is 10.5. The number of carbonyl (C=O) groups is 2. The highest BCUT2D eigenvalue weighted by Crippen LogP contribution is 2.17. The summed E-state index contributed by atoms with van der Waals surface area (Å²) in [6.45, 7) is 4.17. The van der Waals surface area contributed by atoms with Crippen LogP contribution in [0.25, 0.3) is 0 Å². The standard InChI is InChI=1S/C22H34F3N5O3/c1-28-11-12-29(2)15-17-7-6-8-18(27-17)16-30(14-13-28)19(20(31)33-3)9-4-5-10-26-21(32)22(23,24)25/h6-8,19H,4-5,9-16H2,1-3H3,(H,26,32). The summed E-state index contributed by atoms with van der Waals surface area (Å²) in [4.78, 5) is 34.8. The molecule has 0 aromatic carbocycles. The zero-order chi connectivity index (χ0) is 24.4. The van der Waals surface area contributed by atoms with Crippen LogP contribution in [0.5, 0.6) is 0 Å². The fourth-order valence-corrected chi connectivity index (χ4v) is 3.72. The molecule has 2 heterocycles. The van der Waals surface area contributed by atoms with E-state index in [9.17, 15) is 22.8 Å². The zero-order valence-electron chi connectivity index (χ0n) is 19.5. The topological polar surface area (TPSA) is 78.0 Å². The molecule has 2 bridgehead atoms. The van der Waals surface area contributed by atoms with Crippen molar-refractivity contribution in [1.29, 1.82) is 0 Å². The van der Waals surface area contributed by atoms with Crippen LogP contribution >= 0.6 is 0 Å². The molecule has 186 valence electrons. The first-order chi connectivity index (χ1) is 15.6. The Morgan fingerprint density at radius 3 is 2.36 bits per heavy atom. The lowest BCUT2D eigenvalue weighted by Gasteiger charge is -2.32. The van der Waals surface area contributed by atoms with Gasteiger partial charge in [0.25, 0.3) is 0 Å². The fraction of sp³-hybridized carbons (Fsp3) is 0.682. The summed E-state index contributed by atoms with van der Waals surface area (Å²) in [5.74, 6) is -2.34. The number of amides is 1. The van der Waals surface area contributed by atoms with Gasteiger partial charge in [0.15, 0.2) is 0 Å². The highest BCUT2D eigenvalue weighted by molar-refractivity contribution is 5.81. The van der Waals surface area contributed by atoms with Crippen molar-refractivity contribution in [2.24, 2.45) is 0 Å². The third-order valence-electron chi connectivity index (χ3n) is 5.66. The van der Waals surface area contributed by atoms with Crippen LogP contribution in [-0.2, 0) is 27.4 Å². The summed E-state index contributed by atoms with van der Waals surface area (Å²) in [5, 5.41) is 1.86. The molecular weight excluding hydrogens is 439 g/mol. The molecule has 0 aliphatic carbocycles. The number of pyridine rings is 1. The molecule has 11 heteroatoms. The maximum atomic E-state index is 12.6. The van der Waals surface area contributed by atoms with E-state index in [0.29, 0.717) is 32.4 Å². The first-order valence-electron chi connectivity index (χ1n) is 11.1. The number of carbonyl (C=O) groups excluding carboxylic acids is 2. The Bertz CT molecular complexity index is 778. The molecule has 0 saturated heterocycles. The van der Waals surface area contributed by atoms with Gasteiger partial charge in [-0.25, -0.2) is 0 Å². The number of unbranched alkanes of at least 4 members (excludes halogenated alkanes) is 1. The van der Waals surface area contributed by atoms with E-state index in [0.717, 1.165) is 37.6 Å². The van der Waals surface area contributed by atoms with Crippen molar-refractivity contribution in [2.45, 2.75) is 44.6 Å². The van der Waals surface area contributed by atoms with E-state index in [1.54, 1.807) is 0 Å². The summed E-state index contributed by atoms with van der Waals surface area (Å²) < 4.78 is 42.0. The first-order valence-corrected chi connectivity index (χ1v) is 11.1. The Balaban J connectivity index is 2.08. The molecule has 0 saturated carbocycles. The van der Waals surface area contributed by atoms with E-state index in [2.05, 4.69) is 16.8 Å². The summed E-state index contributed by atoms with van der Waals surface area (Å²) in [6, 6.07) is 5.30. The summed E-state index contributed by atoms with van der Waals surface area (Å²) in [7, 11) is 5.42. The highest BCUT2D eigenvalue weighted by atomic mass is 19.4. The van der Waals surface area contributed by atoms with Crippen molar-refractivity contribution in [3.8, 4) is 0 Å². The van der Waals surface area contributed by atoms with Crippen molar-refractivity contribution in [2.75, 3.05) is 53.9 Å². The smallest absolute Gasteiger partial charge is 0.468 e. The second-order valence-electron chi connectivity index (χ2n) is 8.42. The number of ether oxygens (including phenoxy) is 1. The number of alkyl halides is 3. The van der Waals surface area contributed by atoms with Gasteiger partial charge in [0.2, 0.25) is 0 Å². The van der Waals surface area contributed by atoms with Gasteiger partial charge in [-0.2, -0.15) is 13.2 Å². The molecule has 0 spiro atoms.